The Kier molecular flexibility index (Phi) is 4.09. The fraction of sp³-hybridized carbons (Fsp3) is 0.583. The highest BCUT2D eigenvalue weighted by Crippen LogP contribution is 2.08. The highest BCUT2D eigenvalue weighted by molar-refractivity contribution is 5.08. The third kappa shape index (κ3) is 3.20. The quantitative estimate of drug-likeness (QED) is 0.817. The minimum atomic E-state index is -0.449. The second-order valence-corrected chi connectivity index (χ2v) is 4.15. The number of aromatic nitrogens is 1. The van der Waals surface area contributed by atoms with Crippen LogP contribution in [0, 0.1) is 12.8 Å². The van der Waals surface area contributed by atoms with Gasteiger partial charge in [0.05, 0.1) is 12.6 Å². The Balaban J connectivity index is 2.77. The van der Waals surface area contributed by atoms with E-state index in [1.807, 2.05) is 26.8 Å². The number of hydrogen-bond donors (Lipinski definition) is 1. The van der Waals surface area contributed by atoms with Gasteiger partial charge < -0.3 is 9.67 Å². The number of aliphatic hydroxyl groups is 1. The van der Waals surface area contributed by atoms with Crippen molar-refractivity contribution in [2.75, 3.05) is 0 Å². The lowest BCUT2D eigenvalue weighted by atomic mass is 10.0. The van der Waals surface area contributed by atoms with E-state index >= 15 is 0 Å². The van der Waals surface area contributed by atoms with E-state index < -0.39 is 6.10 Å². The van der Waals surface area contributed by atoms with Gasteiger partial charge in [-0.25, -0.2) is 0 Å². The minimum Gasteiger partial charge on any atom is -0.391 e. The molecule has 2 atom stereocenters. The number of rotatable bonds is 4. The largest absolute Gasteiger partial charge is 0.391 e. The highest BCUT2D eigenvalue weighted by Gasteiger charge is 2.12. The van der Waals surface area contributed by atoms with E-state index in [1.165, 1.54) is 0 Å². The van der Waals surface area contributed by atoms with Crippen molar-refractivity contribution in [1.82, 2.24) is 4.57 Å². The topological polar surface area (TPSA) is 42.2 Å². The summed E-state index contributed by atoms with van der Waals surface area (Å²) in [4.78, 5) is 11.5. The smallest absolute Gasteiger partial charge is 0.250 e. The van der Waals surface area contributed by atoms with E-state index in [2.05, 4.69) is 0 Å². The molecule has 1 N–H and O–H groups in total. The van der Waals surface area contributed by atoms with Crippen molar-refractivity contribution in [3.05, 3.63) is 34.2 Å². The van der Waals surface area contributed by atoms with Crippen LogP contribution in [0.5, 0.6) is 0 Å². The molecule has 84 valence electrons. The van der Waals surface area contributed by atoms with E-state index in [0.29, 0.717) is 6.54 Å². The average molecular weight is 209 g/mol. The molecule has 0 aliphatic rings. The second kappa shape index (κ2) is 5.12. The first kappa shape index (κ1) is 12.0. The first-order valence-corrected chi connectivity index (χ1v) is 5.39. The maximum Gasteiger partial charge on any atom is 0.250 e. The molecule has 0 radical (unpaired) electrons. The lowest BCUT2D eigenvalue weighted by molar-refractivity contribution is 0.0955. The van der Waals surface area contributed by atoms with Crippen LogP contribution < -0.4 is 5.56 Å². The van der Waals surface area contributed by atoms with Gasteiger partial charge in [-0.15, -0.1) is 0 Å². The fourth-order valence-corrected chi connectivity index (χ4v) is 1.41. The fourth-order valence-electron chi connectivity index (χ4n) is 1.41. The van der Waals surface area contributed by atoms with Gasteiger partial charge in [-0.1, -0.05) is 20.3 Å². The standard InChI is InChI=1S/C12H19NO2/c1-4-10(3)11(14)8-13-6-5-9(2)7-12(13)15/h5-7,10-11,14H,4,8H2,1-3H3. The van der Waals surface area contributed by atoms with Gasteiger partial charge in [-0.2, -0.15) is 0 Å². The lowest BCUT2D eigenvalue weighted by Crippen LogP contribution is -2.29. The number of hydrogen-bond acceptors (Lipinski definition) is 2. The van der Waals surface area contributed by atoms with Crippen molar-refractivity contribution in [2.24, 2.45) is 5.92 Å². The molecule has 1 rings (SSSR count). The van der Waals surface area contributed by atoms with Crippen LogP contribution in [0.25, 0.3) is 0 Å². The molecule has 3 nitrogen and oxygen atoms in total. The van der Waals surface area contributed by atoms with E-state index in [-0.39, 0.29) is 11.5 Å². The third-order valence-corrected chi connectivity index (χ3v) is 2.84. The van der Waals surface area contributed by atoms with Gasteiger partial charge in [-0.3, -0.25) is 4.79 Å². The number of nitrogens with zero attached hydrogens (tertiary/aromatic N) is 1. The van der Waals surface area contributed by atoms with Gasteiger partial charge >= 0.3 is 0 Å². The Morgan fingerprint density at radius 2 is 2.20 bits per heavy atom. The Morgan fingerprint density at radius 1 is 1.53 bits per heavy atom. The highest BCUT2D eigenvalue weighted by atomic mass is 16.3. The SMILES string of the molecule is CCC(C)C(O)Cn1ccc(C)cc1=O. The molecule has 0 spiro atoms. The first-order valence-electron chi connectivity index (χ1n) is 5.39. The molecular weight excluding hydrogens is 190 g/mol. The zero-order valence-electron chi connectivity index (χ0n) is 9.60. The van der Waals surface area contributed by atoms with Crippen LogP contribution in [-0.4, -0.2) is 15.8 Å². The maximum absolute atomic E-state index is 11.5. The van der Waals surface area contributed by atoms with E-state index in [9.17, 15) is 9.90 Å². The monoisotopic (exact) mass is 209 g/mol. The first-order chi connectivity index (χ1) is 7.04. The summed E-state index contributed by atoms with van der Waals surface area (Å²) in [5.74, 6) is 0.221. The molecule has 15 heavy (non-hydrogen) atoms. The van der Waals surface area contributed by atoms with Crippen LogP contribution in [0.2, 0.25) is 0 Å². The van der Waals surface area contributed by atoms with Gasteiger partial charge in [0.2, 0.25) is 0 Å². The molecule has 3 heteroatoms. The second-order valence-electron chi connectivity index (χ2n) is 4.15. The molecule has 0 aliphatic carbocycles. The summed E-state index contributed by atoms with van der Waals surface area (Å²) in [6.07, 6.45) is 2.21. The molecule has 0 amide bonds. The van der Waals surface area contributed by atoms with E-state index in [4.69, 9.17) is 0 Å². The Morgan fingerprint density at radius 3 is 2.73 bits per heavy atom. The summed E-state index contributed by atoms with van der Waals surface area (Å²) in [5, 5.41) is 9.81. The van der Waals surface area contributed by atoms with Crippen LogP contribution in [0.3, 0.4) is 0 Å². The summed E-state index contributed by atoms with van der Waals surface area (Å²) >= 11 is 0. The molecule has 0 aromatic carbocycles. The Labute approximate surface area is 90.4 Å². The van der Waals surface area contributed by atoms with Crippen molar-refractivity contribution in [1.29, 1.82) is 0 Å². The normalized spacial score (nSPS) is 14.9. The number of aryl methyl sites for hydroxylation is 1. The van der Waals surface area contributed by atoms with Gasteiger partial charge in [0.15, 0.2) is 0 Å². The Bertz CT molecular complexity index is 370. The molecule has 0 saturated heterocycles. The van der Waals surface area contributed by atoms with E-state index in [0.717, 1.165) is 12.0 Å². The lowest BCUT2D eigenvalue weighted by Gasteiger charge is -2.18. The molecular formula is C12H19NO2. The number of aliphatic hydroxyl groups excluding tert-OH is 1. The van der Waals surface area contributed by atoms with Crippen LogP contribution in [-0.2, 0) is 6.54 Å². The summed E-state index contributed by atoms with van der Waals surface area (Å²) in [6.45, 7) is 6.29. The molecule has 1 heterocycles. The maximum atomic E-state index is 11.5. The predicted molar refractivity (Wildman–Crippen MR) is 60.9 cm³/mol. The summed E-state index contributed by atoms with van der Waals surface area (Å²) in [6, 6.07) is 3.47. The molecule has 0 aliphatic heterocycles. The number of pyridine rings is 1. The van der Waals surface area contributed by atoms with Crippen LogP contribution in [0.1, 0.15) is 25.8 Å². The predicted octanol–water partition coefficient (Wildman–Crippen LogP) is 1.56. The van der Waals surface area contributed by atoms with Crippen molar-refractivity contribution >= 4 is 0 Å². The molecule has 0 bridgehead atoms. The zero-order chi connectivity index (χ0) is 11.4. The van der Waals surface area contributed by atoms with Crippen molar-refractivity contribution < 1.29 is 5.11 Å². The summed E-state index contributed by atoms with van der Waals surface area (Å²) < 4.78 is 1.56. The Hall–Kier alpha value is -1.09. The molecule has 1 aromatic rings. The zero-order valence-corrected chi connectivity index (χ0v) is 9.60. The molecule has 0 saturated carbocycles. The van der Waals surface area contributed by atoms with Gasteiger partial charge in [0.25, 0.3) is 5.56 Å². The van der Waals surface area contributed by atoms with E-state index in [1.54, 1.807) is 16.8 Å². The van der Waals surface area contributed by atoms with Crippen molar-refractivity contribution in [3.63, 3.8) is 0 Å². The van der Waals surface area contributed by atoms with Crippen LogP contribution in [0.15, 0.2) is 23.1 Å². The molecule has 0 fully saturated rings. The van der Waals surface area contributed by atoms with Crippen molar-refractivity contribution in [3.8, 4) is 0 Å². The van der Waals surface area contributed by atoms with Crippen LogP contribution in [0.4, 0.5) is 0 Å². The van der Waals surface area contributed by atoms with Gasteiger partial charge in [-0.05, 0) is 24.5 Å². The summed E-state index contributed by atoms with van der Waals surface area (Å²) in [5.41, 5.74) is 0.909. The summed E-state index contributed by atoms with van der Waals surface area (Å²) in [7, 11) is 0. The molecule has 2 unspecified atom stereocenters. The van der Waals surface area contributed by atoms with Gasteiger partial charge in [0, 0.05) is 12.3 Å². The third-order valence-electron chi connectivity index (χ3n) is 2.84. The average Bonchev–Trinajstić information content (AvgIpc) is 2.20. The van der Waals surface area contributed by atoms with Gasteiger partial charge in [0.1, 0.15) is 0 Å². The molecule has 1 aromatic heterocycles. The van der Waals surface area contributed by atoms with Crippen molar-refractivity contribution in [2.45, 2.75) is 39.8 Å². The minimum absolute atomic E-state index is 0.0441. The van der Waals surface area contributed by atoms with Crippen LogP contribution >= 0.6 is 0 Å².